The van der Waals surface area contributed by atoms with Gasteiger partial charge in [0, 0.05) is 29.3 Å². The highest BCUT2D eigenvalue weighted by atomic mass is 79.9. The first-order chi connectivity index (χ1) is 10.2. The van der Waals surface area contributed by atoms with Crippen molar-refractivity contribution < 1.29 is 4.79 Å². The monoisotopic (exact) mass is 364 g/mol. The van der Waals surface area contributed by atoms with Gasteiger partial charge in [0.1, 0.15) is 5.54 Å². The van der Waals surface area contributed by atoms with Crippen molar-refractivity contribution in [2.24, 2.45) is 12.8 Å². The predicted octanol–water partition coefficient (Wildman–Crippen LogP) is 2.29. The van der Waals surface area contributed by atoms with E-state index < -0.39 is 5.54 Å². The van der Waals surface area contributed by atoms with E-state index >= 15 is 0 Å². The van der Waals surface area contributed by atoms with Gasteiger partial charge in [-0.3, -0.25) is 9.48 Å². The van der Waals surface area contributed by atoms with Gasteiger partial charge < -0.3 is 11.1 Å². The fourth-order valence-electron chi connectivity index (χ4n) is 2.35. The first-order valence-electron chi connectivity index (χ1n) is 7.05. The van der Waals surface area contributed by atoms with Crippen molar-refractivity contribution in [2.45, 2.75) is 32.9 Å². The smallest absolute Gasteiger partial charge is 0.244 e. The molecule has 5 nitrogen and oxygen atoms in total. The molecule has 0 fully saturated rings. The standard InChI is InChI=1S/C16H21BrN4O/c1-10-14(11(2)21(4)20-10)9-19-15(22)16(3,18)12-5-7-13(17)8-6-12/h5-8H,9,18H2,1-4H3,(H,19,22). The number of halogens is 1. The number of carbonyl (C=O) groups is 1. The van der Waals surface area contributed by atoms with Crippen molar-refractivity contribution in [2.75, 3.05) is 0 Å². The molecular formula is C16H21BrN4O. The van der Waals surface area contributed by atoms with Gasteiger partial charge in [-0.2, -0.15) is 5.10 Å². The average molecular weight is 365 g/mol. The summed E-state index contributed by atoms with van der Waals surface area (Å²) in [5, 5.41) is 7.27. The van der Waals surface area contributed by atoms with Crippen molar-refractivity contribution in [3.63, 3.8) is 0 Å². The van der Waals surface area contributed by atoms with E-state index in [0.29, 0.717) is 6.54 Å². The SMILES string of the molecule is Cc1nn(C)c(C)c1CNC(=O)C(C)(N)c1ccc(Br)cc1. The number of carbonyl (C=O) groups excluding carboxylic acids is 1. The lowest BCUT2D eigenvalue weighted by Gasteiger charge is -2.24. The Bertz CT molecular complexity index is 689. The Kier molecular flexibility index (Phi) is 4.72. The largest absolute Gasteiger partial charge is 0.350 e. The van der Waals surface area contributed by atoms with Gasteiger partial charge in [0.2, 0.25) is 5.91 Å². The lowest BCUT2D eigenvalue weighted by atomic mass is 9.92. The molecule has 0 bridgehead atoms. The van der Waals surface area contributed by atoms with Crippen LogP contribution in [-0.4, -0.2) is 15.7 Å². The molecule has 0 saturated carbocycles. The predicted molar refractivity (Wildman–Crippen MR) is 90.2 cm³/mol. The minimum atomic E-state index is -1.08. The van der Waals surface area contributed by atoms with Crippen molar-refractivity contribution in [1.82, 2.24) is 15.1 Å². The van der Waals surface area contributed by atoms with Gasteiger partial charge in [-0.25, -0.2) is 0 Å². The van der Waals surface area contributed by atoms with Crippen LogP contribution in [0.4, 0.5) is 0 Å². The number of hydrogen-bond acceptors (Lipinski definition) is 3. The number of rotatable bonds is 4. The lowest BCUT2D eigenvalue weighted by molar-refractivity contribution is -0.126. The van der Waals surface area contributed by atoms with Gasteiger partial charge in [0.25, 0.3) is 0 Å². The second kappa shape index (κ2) is 6.22. The number of amides is 1. The molecule has 3 N–H and O–H groups in total. The minimum absolute atomic E-state index is 0.211. The van der Waals surface area contributed by atoms with E-state index in [1.54, 1.807) is 6.92 Å². The molecular weight excluding hydrogens is 344 g/mol. The maximum absolute atomic E-state index is 12.5. The van der Waals surface area contributed by atoms with Crippen LogP contribution in [0.25, 0.3) is 0 Å². The summed E-state index contributed by atoms with van der Waals surface area (Å²) in [6, 6.07) is 7.46. The summed E-state index contributed by atoms with van der Waals surface area (Å²) in [5.41, 5.74) is 8.91. The zero-order chi connectivity index (χ0) is 16.5. The lowest BCUT2D eigenvalue weighted by Crippen LogP contribution is -2.48. The topological polar surface area (TPSA) is 72.9 Å². The molecule has 118 valence electrons. The summed E-state index contributed by atoms with van der Waals surface area (Å²) in [6.07, 6.45) is 0. The van der Waals surface area contributed by atoms with Crippen molar-refractivity contribution in [3.8, 4) is 0 Å². The molecule has 0 radical (unpaired) electrons. The van der Waals surface area contributed by atoms with Gasteiger partial charge in [-0.1, -0.05) is 28.1 Å². The summed E-state index contributed by atoms with van der Waals surface area (Å²) in [4.78, 5) is 12.5. The van der Waals surface area contributed by atoms with Gasteiger partial charge in [-0.05, 0) is 38.5 Å². The molecule has 1 aromatic carbocycles. The molecule has 22 heavy (non-hydrogen) atoms. The Balaban J connectivity index is 2.12. The number of nitrogens with two attached hydrogens (primary N) is 1. The van der Waals surface area contributed by atoms with Gasteiger partial charge in [-0.15, -0.1) is 0 Å². The fraction of sp³-hybridized carbons (Fsp3) is 0.375. The molecule has 0 aliphatic carbocycles. The molecule has 0 aliphatic rings. The highest BCUT2D eigenvalue weighted by Gasteiger charge is 2.30. The van der Waals surface area contributed by atoms with E-state index in [1.165, 1.54) is 0 Å². The molecule has 1 aromatic heterocycles. The summed E-state index contributed by atoms with van der Waals surface area (Å²) in [5.74, 6) is -0.211. The third kappa shape index (κ3) is 3.23. The minimum Gasteiger partial charge on any atom is -0.350 e. The van der Waals surface area contributed by atoms with Crippen LogP contribution in [0.3, 0.4) is 0 Å². The van der Waals surface area contributed by atoms with Crippen LogP contribution in [0.15, 0.2) is 28.7 Å². The van der Waals surface area contributed by atoms with Crippen LogP contribution in [0.1, 0.15) is 29.4 Å². The number of aryl methyl sites for hydroxylation is 2. The fourth-order valence-corrected chi connectivity index (χ4v) is 2.62. The second-order valence-electron chi connectivity index (χ2n) is 5.66. The Hall–Kier alpha value is -1.66. The quantitative estimate of drug-likeness (QED) is 0.873. The van der Waals surface area contributed by atoms with Crippen LogP contribution in [0.5, 0.6) is 0 Å². The van der Waals surface area contributed by atoms with Crippen LogP contribution in [0, 0.1) is 13.8 Å². The summed E-state index contributed by atoms with van der Waals surface area (Å²) in [6.45, 7) is 6.06. The Morgan fingerprint density at radius 3 is 2.45 bits per heavy atom. The van der Waals surface area contributed by atoms with Crippen LogP contribution < -0.4 is 11.1 Å². The molecule has 1 atom stereocenters. The highest BCUT2D eigenvalue weighted by Crippen LogP contribution is 2.21. The zero-order valence-electron chi connectivity index (χ0n) is 13.3. The van der Waals surface area contributed by atoms with E-state index in [1.807, 2.05) is 49.8 Å². The zero-order valence-corrected chi connectivity index (χ0v) is 14.9. The summed E-state index contributed by atoms with van der Waals surface area (Å²) in [7, 11) is 1.89. The highest BCUT2D eigenvalue weighted by molar-refractivity contribution is 9.10. The van der Waals surface area contributed by atoms with Crippen LogP contribution in [-0.2, 0) is 23.9 Å². The Morgan fingerprint density at radius 1 is 1.36 bits per heavy atom. The van der Waals surface area contributed by atoms with Crippen molar-refractivity contribution >= 4 is 21.8 Å². The number of hydrogen-bond donors (Lipinski definition) is 2. The average Bonchev–Trinajstić information content (AvgIpc) is 2.70. The van der Waals surface area contributed by atoms with E-state index in [0.717, 1.165) is 27.0 Å². The second-order valence-corrected chi connectivity index (χ2v) is 6.58. The van der Waals surface area contributed by atoms with Crippen molar-refractivity contribution in [3.05, 3.63) is 51.3 Å². The maximum atomic E-state index is 12.5. The molecule has 1 unspecified atom stereocenters. The molecule has 0 aliphatic heterocycles. The van der Waals surface area contributed by atoms with E-state index in [4.69, 9.17) is 5.73 Å². The number of benzene rings is 1. The molecule has 2 rings (SSSR count). The van der Waals surface area contributed by atoms with Crippen LogP contribution >= 0.6 is 15.9 Å². The molecule has 0 spiro atoms. The van der Waals surface area contributed by atoms with Gasteiger partial charge >= 0.3 is 0 Å². The van der Waals surface area contributed by atoms with Gasteiger partial charge in [0.15, 0.2) is 0 Å². The first-order valence-corrected chi connectivity index (χ1v) is 7.85. The maximum Gasteiger partial charge on any atom is 0.244 e. The third-order valence-electron chi connectivity index (χ3n) is 4.00. The number of aromatic nitrogens is 2. The normalized spacial score (nSPS) is 13.7. The third-order valence-corrected chi connectivity index (χ3v) is 4.53. The first kappa shape index (κ1) is 16.7. The summed E-state index contributed by atoms with van der Waals surface area (Å²) < 4.78 is 2.77. The Morgan fingerprint density at radius 2 is 1.95 bits per heavy atom. The van der Waals surface area contributed by atoms with Gasteiger partial charge in [0.05, 0.1) is 5.69 Å². The van der Waals surface area contributed by atoms with E-state index in [2.05, 4.69) is 26.3 Å². The summed E-state index contributed by atoms with van der Waals surface area (Å²) >= 11 is 3.38. The number of nitrogens with zero attached hydrogens (tertiary/aromatic N) is 2. The van der Waals surface area contributed by atoms with E-state index in [-0.39, 0.29) is 5.91 Å². The molecule has 6 heteroatoms. The van der Waals surface area contributed by atoms with Crippen LogP contribution in [0.2, 0.25) is 0 Å². The Labute approximate surface area is 139 Å². The number of nitrogens with one attached hydrogen (secondary N) is 1. The molecule has 2 aromatic rings. The molecule has 0 saturated heterocycles. The molecule has 1 amide bonds. The van der Waals surface area contributed by atoms with E-state index in [9.17, 15) is 4.79 Å². The van der Waals surface area contributed by atoms with Crippen molar-refractivity contribution in [1.29, 1.82) is 0 Å². The molecule has 1 heterocycles.